The molecule has 0 aliphatic carbocycles. The molecule has 0 amide bonds. The molecule has 0 aliphatic rings. The second-order valence-electron chi connectivity index (χ2n) is 6.01. The number of guanidine groups is 1. The second kappa shape index (κ2) is 11.1. The number of aromatic nitrogens is 2. The first-order valence-electron chi connectivity index (χ1n) is 8.94. The monoisotopic (exact) mass is 497 g/mol. The van der Waals surface area contributed by atoms with Crippen LogP contribution in [-0.4, -0.2) is 35.0 Å². The minimum Gasteiger partial charge on any atom is -0.357 e. The van der Waals surface area contributed by atoms with Crippen LogP contribution in [0.3, 0.4) is 0 Å². The van der Waals surface area contributed by atoms with Crippen LogP contribution in [-0.2, 0) is 12.8 Å². The van der Waals surface area contributed by atoms with Crippen molar-refractivity contribution in [1.29, 1.82) is 0 Å². The van der Waals surface area contributed by atoms with E-state index in [2.05, 4.69) is 45.9 Å². The van der Waals surface area contributed by atoms with Gasteiger partial charge in [-0.1, -0.05) is 29.8 Å². The highest BCUT2D eigenvalue weighted by Gasteiger charge is 2.02. The summed E-state index contributed by atoms with van der Waals surface area (Å²) in [7, 11) is 0. The van der Waals surface area contributed by atoms with Gasteiger partial charge in [-0.25, -0.2) is 4.98 Å². The molecule has 27 heavy (non-hydrogen) atoms. The first-order valence-corrected chi connectivity index (χ1v) is 9.31. The maximum atomic E-state index is 5.92. The molecule has 0 fully saturated rings. The molecular formula is C20H25ClIN5. The Bertz CT molecular complexity index is 827. The summed E-state index contributed by atoms with van der Waals surface area (Å²) in [5.41, 5.74) is 3.28. The number of rotatable bonds is 7. The third kappa shape index (κ3) is 6.70. The summed E-state index contributed by atoms with van der Waals surface area (Å²) in [4.78, 5) is 9.25. The zero-order chi connectivity index (χ0) is 18.2. The number of aliphatic imine (C=N–C) groups is 1. The van der Waals surface area contributed by atoms with Gasteiger partial charge in [0.1, 0.15) is 5.65 Å². The number of fused-ring (bicyclic) bond motifs is 1. The number of halogens is 2. The molecule has 2 aromatic heterocycles. The van der Waals surface area contributed by atoms with E-state index < -0.39 is 0 Å². The van der Waals surface area contributed by atoms with Crippen molar-refractivity contribution in [3.05, 3.63) is 71.1 Å². The molecule has 0 unspecified atom stereocenters. The smallest absolute Gasteiger partial charge is 0.191 e. The van der Waals surface area contributed by atoms with Crippen molar-refractivity contribution >= 4 is 47.2 Å². The molecule has 7 heteroatoms. The van der Waals surface area contributed by atoms with Crippen LogP contribution in [0.4, 0.5) is 0 Å². The zero-order valence-electron chi connectivity index (χ0n) is 15.4. The molecule has 0 saturated heterocycles. The zero-order valence-corrected chi connectivity index (χ0v) is 18.4. The third-order valence-electron chi connectivity index (χ3n) is 4.02. The fourth-order valence-electron chi connectivity index (χ4n) is 2.71. The Labute approximate surface area is 182 Å². The van der Waals surface area contributed by atoms with Crippen molar-refractivity contribution in [2.24, 2.45) is 4.99 Å². The first kappa shape index (κ1) is 21.5. The summed E-state index contributed by atoms with van der Waals surface area (Å²) < 4.78 is 2.04. The average Bonchev–Trinajstić information content (AvgIpc) is 3.06. The van der Waals surface area contributed by atoms with Gasteiger partial charge in [0.2, 0.25) is 0 Å². The Kier molecular flexibility index (Phi) is 8.87. The lowest BCUT2D eigenvalue weighted by atomic mass is 10.1. The SMILES string of the molecule is CCNC(=NCCc1cn2ccccc2n1)NCCc1ccc(Cl)cc1.I. The normalized spacial score (nSPS) is 11.3. The van der Waals surface area contributed by atoms with E-state index in [1.54, 1.807) is 0 Å². The molecule has 1 aromatic carbocycles. The summed E-state index contributed by atoms with van der Waals surface area (Å²) in [6, 6.07) is 14.0. The largest absolute Gasteiger partial charge is 0.357 e. The summed E-state index contributed by atoms with van der Waals surface area (Å²) in [6.07, 6.45) is 5.81. The highest BCUT2D eigenvalue weighted by Crippen LogP contribution is 2.09. The molecule has 0 aliphatic heterocycles. The van der Waals surface area contributed by atoms with Crippen molar-refractivity contribution in [1.82, 2.24) is 20.0 Å². The molecule has 3 rings (SSSR count). The minimum atomic E-state index is 0. The van der Waals surface area contributed by atoms with Crippen LogP contribution in [0.2, 0.25) is 5.02 Å². The van der Waals surface area contributed by atoms with Gasteiger partial charge in [-0.2, -0.15) is 0 Å². The van der Waals surface area contributed by atoms with Gasteiger partial charge in [0, 0.05) is 43.5 Å². The molecule has 144 valence electrons. The highest BCUT2D eigenvalue weighted by molar-refractivity contribution is 14.0. The van der Waals surface area contributed by atoms with Crippen LogP contribution >= 0.6 is 35.6 Å². The quantitative estimate of drug-likeness (QED) is 0.295. The maximum Gasteiger partial charge on any atom is 0.191 e. The predicted molar refractivity (Wildman–Crippen MR) is 123 cm³/mol. The molecule has 0 atom stereocenters. The van der Waals surface area contributed by atoms with Gasteiger partial charge >= 0.3 is 0 Å². The lowest BCUT2D eigenvalue weighted by Crippen LogP contribution is -2.38. The Hall–Kier alpha value is -1.80. The van der Waals surface area contributed by atoms with Gasteiger partial charge in [-0.05, 0) is 43.2 Å². The number of hydrogen-bond acceptors (Lipinski definition) is 2. The number of hydrogen-bond donors (Lipinski definition) is 2. The van der Waals surface area contributed by atoms with E-state index in [1.165, 1.54) is 5.56 Å². The number of pyridine rings is 1. The van der Waals surface area contributed by atoms with Gasteiger partial charge in [-0.3, -0.25) is 4.99 Å². The topological polar surface area (TPSA) is 53.7 Å². The highest BCUT2D eigenvalue weighted by atomic mass is 127. The van der Waals surface area contributed by atoms with E-state index in [-0.39, 0.29) is 24.0 Å². The van der Waals surface area contributed by atoms with Gasteiger partial charge in [0.05, 0.1) is 5.69 Å². The predicted octanol–water partition coefficient (Wildman–Crippen LogP) is 3.95. The summed E-state index contributed by atoms with van der Waals surface area (Å²) in [5.74, 6) is 0.838. The van der Waals surface area contributed by atoms with Gasteiger partial charge in [-0.15, -0.1) is 24.0 Å². The van der Waals surface area contributed by atoms with Gasteiger partial charge in [0.25, 0.3) is 0 Å². The van der Waals surface area contributed by atoms with Crippen molar-refractivity contribution in [3.8, 4) is 0 Å². The van der Waals surface area contributed by atoms with Gasteiger partial charge < -0.3 is 15.0 Å². The van der Waals surface area contributed by atoms with E-state index in [9.17, 15) is 0 Å². The van der Waals surface area contributed by atoms with E-state index in [4.69, 9.17) is 11.6 Å². The van der Waals surface area contributed by atoms with Gasteiger partial charge in [0.15, 0.2) is 5.96 Å². The van der Waals surface area contributed by atoms with E-state index >= 15 is 0 Å². The van der Waals surface area contributed by atoms with E-state index in [0.29, 0.717) is 6.54 Å². The summed E-state index contributed by atoms with van der Waals surface area (Å²) in [6.45, 7) is 4.42. The lowest BCUT2D eigenvalue weighted by molar-refractivity contribution is 0.795. The van der Waals surface area contributed by atoms with Crippen LogP contribution in [0.1, 0.15) is 18.2 Å². The number of nitrogens with one attached hydrogen (secondary N) is 2. The number of benzene rings is 1. The van der Waals surface area contributed by atoms with Crippen LogP contribution in [0.15, 0.2) is 59.9 Å². The maximum absolute atomic E-state index is 5.92. The molecule has 0 radical (unpaired) electrons. The fourth-order valence-corrected chi connectivity index (χ4v) is 2.83. The molecule has 5 nitrogen and oxygen atoms in total. The molecule has 0 bridgehead atoms. The molecule has 0 spiro atoms. The lowest BCUT2D eigenvalue weighted by Gasteiger charge is -2.11. The van der Waals surface area contributed by atoms with Crippen molar-refractivity contribution in [2.75, 3.05) is 19.6 Å². The van der Waals surface area contributed by atoms with Crippen molar-refractivity contribution in [3.63, 3.8) is 0 Å². The molecule has 0 saturated carbocycles. The van der Waals surface area contributed by atoms with Crippen molar-refractivity contribution < 1.29 is 0 Å². The fraction of sp³-hybridized carbons (Fsp3) is 0.300. The first-order chi connectivity index (χ1) is 12.7. The van der Waals surface area contributed by atoms with Crippen molar-refractivity contribution in [2.45, 2.75) is 19.8 Å². The number of nitrogens with zero attached hydrogens (tertiary/aromatic N) is 3. The minimum absolute atomic E-state index is 0. The molecular weight excluding hydrogens is 473 g/mol. The van der Waals surface area contributed by atoms with Crippen LogP contribution in [0, 0.1) is 0 Å². The van der Waals surface area contributed by atoms with E-state index in [1.807, 2.05) is 40.9 Å². The number of imidazole rings is 1. The standard InChI is InChI=1S/C20H24ClN5.HI/c1-2-22-20(23-12-10-16-6-8-17(21)9-7-16)24-13-11-18-15-26-14-4-3-5-19(26)25-18;/h3-9,14-15H,2,10-13H2,1H3,(H2,22,23,24);1H. The Morgan fingerprint density at radius 2 is 1.93 bits per heavy atom. The third-order valence-corrected chi connectivity index (χ3v) is 4.27. The molecule has 2 heterocycles. The Balaban J connectivity index is 0.00000261. The summed E-state index contributed by atoms with van der Waals surface area (Å²) >= 11 is 5.92. The Morgan fingerprint density at radius 3 is 2.67 bits per heavy atom. The Morgan fingerprint density at radius 1 is 1.11 bits per heavy atom. The van der Waals surface area contributed by atoms with E-state index in [0.717, 1.165) is 48.3 Å². The van der Waals surface area contributed by atoms with Crippen LogP contribution in [0.5, 0.6) is 0 Å². The van der Waals surface area contributed by atoms with Crippen LogP contribution < -0.4 is 10.6 Å². The molecule has 3 aromatic rings. The molecule has 2 N–H and O–H groups in total. The second-order valence-corrected chi connectivity index (χ2v) is 6.45. The van der Waals surface area contributed by atoms with Crippen LogP contribution in [0.25, 0.3) is 5.65 Å². The average molecular weight is 498 g/mol. The summed E-state index contributed by atoms with van der Waals surface area (Å²) in [5, 5.41) is 7.43.